The Labute approximate surface area is 105 Å². The van der Waals surface area contributed by atoms with Crippen molar-refractivity contribution >= 4 is 14.0 Å². The maximum atomic E-state index is 10.9. The van der Waals surface area contributed by atoms with E-state index >= 15 is 0 Å². The number of carbonyl (C=O) groups excluding carboxylic acids is 1. The molecule has 17 heavy (non-hydrogen) atoms. The highest BCUT2D eigenvalue weighted by Gasteiger charge is 2.16. The summed E-state index contributed by atoms with van der Waals surface area (Å²) < 4.78 is 5.11. The first kappa shape index (κ1) is 14.0. The van der Waals surface area contributed by atoms with E-state index < -0.39 is 8.07 Å². The summed E-state index contributed by atoms with van der Waals surface area (Å²) in [6.45, 7) is 11.0. The zero-order valence-electron chi connectivity index (χ0n) is 11.5. The molecule has 0 saturated heterocycles. The average Bonchev–Trinajstić information content (AvgIpc) is 2.16. The second-order valence-corrected chi connectivity index (χ2v) is 11.3. The summed E-state index contributed by atoms with van der Waals surface area (Å²) in [5.74, 6) is -0.217. The molecule has 0 saturated carbocycles. The Hall–Kier alpha value is -1.09. The number of rotatable bonds is 4. The Kier molecular flexibility index (Phi) is 4.51. The van der Waals surface area contributed by atoms with Gasteiger partial charge in [0.25, 0.3) is 0 Å². The van der Waals surface area contributed by atoms with Gasteiger partial charge >= 0.3 is 5.97 Å². The van der Waals surface area contributed by atoms with E-state index in [0.29, 0.717) is 6.61 Å². The number of carbonyl (C=O) groups is 1. The molecule has 0 radical (unpaired) electrons. The molecule has 0 aliphatic heterocycles. The largest absolute Gasteiger partial charge is 0.461 e. The van der Waals surface area contributed by atoms with E-state index in [0.717, 1.165) is 11.6 Å². The predicted molar refractivity (Wildman–Crippen MR) is 73.7 cm³/mol. The fraction of sp³-hybridized carbons (Fsp3) is 0.500. The normalized spacial score (nSPS) is 11.4. The molecule has 0 unspecified atom stereocenters. The Balaban J connectivity index is 2.91. The molecule has 0 spiro atoms. The van der Waals surface area contributed by atoms with Crippen LogP contribution in [-0.2, 0) is 22.2 Å². The molecule has 0 fully saturated rings. The molecule has 3 heteroatoms. The van der Waals surface area contributed by atoms with Crippen molar-refractivity contribution < 1.29 is 9.53 Å². The molecule has 0 aromatic heterocycles. The molecule has 0 N–H and O–H groups in total. The highest BCUT2D eigenvalue weighted by molar-refractivity contribution is 6.75. The van der Waals surface area contributed by atoms with E-state index in [1.54, 1.807) is 0 Å². The third kappa shape index (κ3) is 5.17. The fourth-order valence-electron chi connectivity index (χ4n) is 1.81. The first-order valence-corrected chi connectivity index (χ1v) is 9.70. The highest BCUT2D eigenvalue weighted by atomic mass is 28.3. The van der Waals surface area contributed by atoms with E-state index in [2.05, 4.69) is 44.8 Å². The molecule has 0 bridgehead atoms. The number of aryl methyl sites for hydroxylation is 1. The zero-order chi connectivity index (χ0) is 13.1. The molecular formula is C14H22O2Si. The van der Waals surface area contributed by atoms with Crippen LogP contribution < -0.4 is 0 Å². The average molecular weight is 250 g/mol. The van der Waals surface area contributed by atoms with Crippen LogP contribution in [0.2, 0.25) is 19.6 Å². The SMILES string of the molecule is CC(=O)OCc1cc(C)ccc1C[Si](C)(C)C. The van der Waals surface area contributed by atoms with Gasteiger partial charge in [-0.15, -0.1) is 0 Å². The zero-order valence-corrected chi connectivity index (χ0v) is 12.5. The van der Waals surface area contributed by atoms with E-state index in [1.165, 1.54) is 18.1 Å². The molecule has 0 aliphatic carbocycles. The fourth-order valence-corrected chi connectivity index (χ4v) is 3.30. The lowest BCUT2D eigenvalue weighted by Crippen LogP contribution is -2.24. The summed E-state index contributed by atoms with van der Waals surface area (Å²) in [4.78, 5) is 10.9. The molecule has 0 atom stereocenters. The maximum absolute atomic E-state index is 10.9. The standard InChI is InChI=1S/C14H22O2Si/c1-11-6-7-13(10-17(3,4)5)14(8-11)9-16-12(2)15/h6-8H,9-10H2,1-5H3. The van der Waals surface area contributed by atoms with Crippen molar-refractivity contribution in [2.24, 2.45) is 0 Å². The topological polar surface area (TPSA) is 26.3 Å². The third-order valence-corrected chi connectivity index (χ3v) is 3.96. The van der Waals surface area contributed by atoms with Gasteiger partial charge in [0.15, 0.2) is 0 Å². The van der Waals surface area contributed by atoms with Crippen molar-refractivity contribution in [3.05, 3.63) is 34.9 Å². The summed E-state index contributed by atoms with van der Waals surface area (Å²) >= 11 is 0. The Morgan fingerprint density at radius 1 is 1.24 bits per heavy atom. The van der Waals surface area contributed by atoms with E-state index in [-0.39, 0.29) is 5.97 Å². The molecule has 0 aliphatic rings. The summed E-state index contributed by atoms with van der Waals surface area (Å²) in [5.41, 5.74) is 3.70. The second-order valence-electron chi connectivity index (χ2n) is 5.79. The number of hydrogen-bond donors (Lipinski definition) is 0. The number of ether oxygens (including phenoxy) is 1. The Bertz CT molecular complexity index is 405. The van der Waals surface area contributed by atoms with Crippen molar-refractivity contribution in [1.29, 1.82) is 0 Å². The molecule has 1 aromatic rings. The third-order valence-electron chi connectivity index (χ3n) is 2.51. The van der Waals surface area contributed by atoms with Gasteiger partial charge in [-0.1, -0.05) is 43.4 Å². The lowest BCUT2D eigenvalue weighted by molar-refractivity contribution is -0.142. The summed E-state index contributed by atoms with van der Waals surface area (Å²) in [7, 11) is -1.14. The molecular weight excluding hydrogens is 228 g/mol. The van der Waals surface area contributed by atoms with Crippen LogP contribution in [-0.4, -0.2) is 14.0 Å². The number of esters is 1. The minimum Gasteiger partial charge on any atom is -0.461 e. The van der Waals surface area contributed by atoms with Crippen LogP contribution in [0.4, 0.5) is 0 Å². The molecule has 0 heterocycles. The summed E-state index contributed by atoms with van der Waals surface area (Å²) in [6, 6.07) is 7.56. The second kappa shape index (κ2) is 5.49. The van der Waals surface area contributed by atoms with Crippen molar-refractivity contribution in [2.75, 3.05) is 0 Å². The molecule has 2 nitrogen and oxygen atoms in total. The van der Waals surface area contributed by atoms with Gasteiger partial charge in [-0.05, 0) is 24.1 Å². The van der Waals surface area contributed by atoms with Crippen molar-refractivity contribution in [1.82, 2.24) is 0 Å². The number of hydrogen-bond acceptors (Lipinski definition) is 2. The van der Waals surface area contributed by atoms with E-state index in [1.807, 2.05) is 0 Å². The van der Waals surface area contributed by atoms with Gasteiger partial charge in [0.1, 0.15) is 6.61 Å². The first-order chi connectivity index (χ1) is 7.78. The molecule has 1 rings (SSSR count). The van der Waals surface area contributed by atoms with Gasteiger partial charge in [0.05, 0.1) is 0 Å². The van der Waals surface area contributed by atoms with Crippen LogP contribution in [0.15, 0.2) is 18.2 Å². The summed E-state index contributed by atoms with van der Waals surface area (Å²) in [6.07, 6.45) is 0. The van der Waals surface area contributed by atoms with Gasteiger partial charge in [-0.2, -0.15) is 0 Å². The highest BCUT2D eigenvalue weighted by Crippen LogP contribution is 2.18. The van der Waals surface area contributed by atoms with Gasteiger partial charge in [-0.25, -0.2) is 0 Å². The van der Waals surface area contributed by atoms with Crippen LogP contribution in [0, 0.1) is 6.92 Å². The minimum absolute atomic E-state index is 0.217. The first-order valence-electron chi connectivity index (χ1n) is 6.00. The van der Waals surface area contributed by atoms with Crippen molar-refractivity contribution in [3.8, 4) is 0 Å². The smallest absolute Gasteiger partial charge is 0.302 e. The van der Waals surface area contributed by atoms with Gasteiger partial charge in [-0.3, -0.25) is 4.79 Å². The quantitative estimate of drug-likeness (QED) is 0.604. The van der Waals surface area contributed by atoms with Gasteiger partial charge in [0.2, 0.25) is 0 Å². The van der Waals surface area contributed by atoms with Crippen LogP contribution in [0.25, 0.3) is 0 Å². The van der Waals surface area contributed by atoms with Crippen LogP contribution in [0.1, 0.15) is 23.6 Å². The number of benzene rings is 1. The Morgan fingerprint density at radius 2 is 1.88 bits per heavy atom. The van der Waals surface area contributed by atoms with Gasteiger partial charge < -0.3 is 4.74 Å². The minimum atomic E-state index is -1.14. The van der Waals surface area contributed by atoms with Gasteiger partial charge in [0, 0.05) is 15.0 Å². The Morgan fingerprint density at radius 3 is 2.41 bits per heavy atom. The van der Waals surface area contributed by atoms with Crippen molar-refractivity contribution in [3.63, 3.8) is 0 Å². The van der Waals surface area contributed by atoms with Crippen LogP contribution >= 0.6 is 0 Å². The molecule has 94 valence electrons. The van der Waals surface area contributed by atoms with E-state index in [4.69, 9.17) is 4.74 Å². The maximum Gasteiger partial charge on any atom is 0.302 e. The van der Waals surface area contributed by atoms with Crippen molar-refractivity contribution in [2.45, 2.75) is 46.1 Å². The molecule has 1 aromatic carbocycles. The van der Waals surface area contributed by atoms with Crippen LogP contribution in [0.5, 0.6) is 0 Å². The monoisotopic (exact) mass is 250 g/mol. The predicted octanol–water partition coefficient (Wildman–Crippen LogP) is 3.48. The molecule has 0 amide bonds. The summed E-state index contributed by atoms with van der Waals surface area (Å²) in [5, 5.41) is 0. The van der Waals surface area contributed by atoms with Crippen LogP contribution in [0.3, 0.4) is 0 Å². The lowest BCUT2D eigenvalue weighted by Gasteiger charge is -2.19. The van der Waals surface area contributed by atoms with E-state index in [9.17, 15) is 4.79 Å². The lowest BCUT2D eigenvalue weighted by atomic mass is 10.1.